The molecule has 0 radical (unpaired) electrons. The molecule has 3 rings (SSSR count). The molecule has 1 N–H and O–H groups in total. The summed E-state index contributed by atoms with van der Waals surface area (Å²) in [5.41, 5.74) is 1.53. The van der Waals surface area contributed by atoms with Gasteiger partial charge in [0.05, 0.1) is 10.6 Å². The third-order valence-corrected chi connectivity index (χ3v) is 5.26. The quantitative estimate of drug-likeness (QED) is 0.784. The molecule has 0 spiro atoms. The van der Waals surface area contributed by atoms with Crippen molar-refractivity contribution in [2.24, 2.45) is 0 Å². The summed E-state index contributed by atoms with van der Waals surface area (Å²) in [5, 5.41) is 0. The molecule has 6 heteroatoms. The van der Waals surface area contributed by atoms with Gasteiger partial charge in [-0.15, -0.1) is 0 Å². The molecular weight excluding hydrogens is 399 g/mol. The number of anilines is 2. The first kappa shape index (κ1) is 14.4. The number of benzene rings is 2. The second kappa shape index (κ2) is 5.69. The average molecular weight is 412 g/mol. The van der Waals surface area contributed by atoms with Crippen LogP contribution in [0.3, 0.4) is 0 Å². The SMILES string of the molecule is O=S(=O)(Nc1cccc(N2C=CC2)c1)c1ccc(I)cc1. The molecule has 2 aromatic rings. The number of nitrogens with zero attached hydrogens (tertiary/aromatic N) is 1. The largest absolute Gasteiger partial charge is 0.344 e. The summed E-state index contributed by atoms with van der Waals surface area (Å²) in [6.45, 7) is 0.854. The summed E-state index contributed by atoms with van der Waals surface area (Å²) < 4.78 is 28.3. The number of hydrogen-bond acceptors (Lipinski definition) is 3. The highest BCUT2D eigenvalue weighted by Gasteiger charge is 2.15. The van der Waals surface area contributed by atoms with Gasteiger partial charge in [-0.25, -0.2) is 8.42 Å². The number of rotatable bonds is 4. The van der Waals surface area contributed by atoms with Crippen LogP contribution >= 0.6 is 22.6 Å². The van der Waals surface area contributed by atoms with Gasteiger partial charge in [-0.3, -0.25) is 4.72 Å². The zero-order valence-corrected chi connectivity index (χ0v) is 14.0. The number of hydrogen-bond donors (Lipinski definition) is 1. The van der Waals surface area contributed by atoms with Gasteiger partial charge in [0.25, 0.3) is 10.0 Å². The minimum Gasteiger partial charge on any atom is -0.344 e. The normalized spacial score (nSPS) is 13.9. The molecule has 2 aromatic carbocycles. The van der Waals surface area contributed by atoms with Crippen molar-refractivity contribution in [2.75, 3.05) is 16.2 Å². The summed E-state index contributed by atoms with van der Waals surface area (Å²) in [6.07, 6.45) is 4.01. The lowest BCUT2D eigenvalue weighted by atomic mass is 10.2. The Bertz CT molecular complexity index is 786. The van der Waals surface area contributed by atoms with E-state index in [0.29, 0.717) is 5.69 Å². The highest BCUT2D eigenvalue weighted by atomic mass is 127. The molecule has 0 aromatic heterocycles. The lowest BCUT2D eigenvalue weighted by Crippen LogP contribution is -2.23. The zero-order chi connectivity index (χ0) is 14.9. The van der Waals surface area contributed by atoms with Gasteiger partial charge < -0.3 is 4.90 Å². The summed E-state index contributed by atoms with van der Waals surface area (Å²) in [4.78, 5) is 2.31. The van der Waals surface area contributed by atoms with Crippen LogP contribution in [0.1, 0.15) is 0 Å². The van der Waals surface area contributed by atoms with Crippen LogP contribution in [0, 0.1) is 3.57 Å². The van der Waals surface area contributed by atoms with Gasteiger partial charge in [0.2, 0.25) is 0 Å². The Labute approximate surface area is 137 Å². The fraction of sp³-hybridized carbons (Fsp3) is 0.0667. The molecule has 1 heterocycles. The Morgan fingerprint density at radius 1 is 1.10 bits per heavy atom. The predicted molar refractivity (Wildman–Crippen MR) is 92.9 cm³/mol. The van der Waals surface area contributed by atoms with Crippen molar-refractivity contribution >= 4 is 44.0 Å². The summed E-state index contributed by atoms with van der Waals surface area (Å²) in [5.74, 6) is 0. The first-order valence-corrected chi connectivity index (χ1v) is 8.92. The van der Waals surface area contributed by atoms with Gasteiger partial charge in [0.15, 0.2) is 0 Å². The van der Waals surface area contributed by atoms with Gasteiger partial charge >= 0.3 is 0 Å². The molecule has 108 valence electrons. The maximum atomic E-state index is 12.3. The minimum atomic E-state index is -3.55. The number of nitrogens with one attached hydrogen (secondary N) is 1. The van der Waals surface area contributed by atoms with Crippen LogP contribution in [-0.2, 0) is 10.0 Å². The highest BCUT2D eigenvalue weighted by Crippen LogP contribution is 2.24. The molecule has 0 saturated carbocycles. The van der Waals surface area contributed by atoms with Crippen molar-refractivity contribution in [3.05, 3.63) is 64.4 Å². The summed E-state index contributed by atoms with van der Waals surface area (Å²) in [7, 11) is -3.55. The van der Waals surface area contributed by atoms with Crippen molar-refractivity contribution in [1.29, 1.82) is 0 Å². The van der Waals surface area contributed by atoms with Gasteiger partial charge in [0.1, 0.15) is 0 Å². The van der Waals surface area contributed by atoms with Crippen LogP contribution in [0.15, 0.2) is 65.7 Å². The first-order chi connectivity index (χ1) is 10.0. The van der Waals surface area contributed by atoms with E-state index in [2.05, 4.69) is 27.3 Å². The first-order valence-electron chi connectivity index (χ1n) is 6.36. The van der Waals surface area contributed by atoms with Gasteiger partial charge in [0, 0.05) is 22.0 Å². The summed E-state index contributed by atoms with van der Waals surface area (Å²) in [6, 6.07) is 14.1. The molecule has 0 atom stereocenters. The van der Waals surface area contributed by atoms with Crippen molar-refractivity contribution in [3.63, 3.8) is 0 Å². The van der Waals surface area contributed by atoms with E-state index in [-0.39, 0.29) is 4.90 Å². The van der Waals surface area contributed by atoms with Crippen LogP contribution in [0.25, 0.3) is 0 Å². The van der Waals surface area contributed by atoms with E-state index in [0.717, 1.165) is 15.8 Å². The number of sulfonamides is 1. The van der Waals surface area contributed by atoms with Gasteiger partial charge in [-0.2, -0.15) is 0 Å². The summed E-state index contributed by atoms with van der Waals surface area (Å²) >= 11 is 2.14. The Morgan fingerprint density at radius 3 is 2.43 bits per heavy atom. The third-order valence-electron chi connectivity index (χ3n) is 3.14. The van der Waals surface area contributed by atoms with E-state index in [1.807, 2.05) is 35.4 Å². The van der Waals surface area contributed by atoms with Crippen molar-refractivity contribution in [2.45, 2.75) is 4.90 Å². The van der Waals surface area contributed by atoms with Crippen molar-refractivity contribution < 1.29 is 8.42 Å². The van der Waals surface area contributed by atoms with Gasteiger partial charge in [-0.1, -0.05) is 6.07 Å². The highest BCUT2D eigenvalue weighted by molar-refractivity contribution is 14.1. The van der Waals surface area contributed by atoms with E-state index >= 15 is 0 Å². The molecule has 21 heavy (non-hydrogen) atoms. The molecule has 0 unspecified atom stereocenters. The zero-order valence-electron chi connectivity index (χ0n) is 11.0. The van der Waals surface area contributed by atoms with Crippen LogP contribution in [0.5, 0.6) is 0 Å². The van der Waals surface area contributed by atoms with Crippen LogP contribution < -0.4 is 9.62 Å². The molecular formula is C15H13IN2O2S. The molecule has 4 nitrogen and oxygen atoms in total. The van der Waals surface area contributed by atoms with Crippen molar-refractivity contribution in [1.82, 2.24) is 0 Å². The van der Waals surface area contributed by atoms with Crippen LogP contribution in [0.2, 0.25) is 0 Å². The van der Waals surface area contributed by atoms with Crippen molar-refractivity contribution in [3.8, 4) is 0 Å². The lowest BCUT2D eigenvalue weighted by Gasteiger charge is -2.25. The Morgan fingerprint density at radius 2 is 1.81 bits per heavy atom. The lowest BCUT2D eigenvalue weighted by molar-refractivity contribution is 0.601. The molecule has 0 fully saturated rings. The van der Waals surface area contributed by atoms with E-state index < -0.39 is 10.0 Å². The topological polar surface area (TPSA) is 49.4 Å². The maximum Gasteiger partial charge on any atom is 0.261 e. The third kappa shape index (κ3) is 3.21. The average Bonchev–Trinajstić information content (AvgIpc) is 2.37. The van der Waals surface area contributed by atoms with Crippen LogP contribution in [0.4, 0.5) is 11.4 Å². The monoisotopic (exact) mass is 412 g/mol. The van der Waals surface area contributed by atoms with Gasteiger partial charge in [-0.05, 0) is 71.1 Å². The predicted octanol–water partition coefficient (Wildman–Crippen LogP) is 3.43. The smallest absolute Gasteiger partial charge is 0.261 e. The fourth-order valence-electron chi connectivity index (χ4n) is 1.98. The van der Waals surface area contributed by atoms with E-state index in [1.165, 1.54) is 0 Å². The second-order valence-electron chi connectivity index (χ2n) is 4.65. The molecule has 1 aliphatic rings. The van der Waals surface area contributed by atoms with Crippen LogP contribution in [-0.4, -0.2) is 15.0 Å². The molecule has 1 aliphatic heterocycles. The number of halogens is 1. The second-order valence-corrected chi connectivity index (χ2v) is 7.57. The Balaban J connectivity index is 1.85. The molecule has 0 bridgehead atoms. The van der Waals surface area contributed by atoms with E-state index in [9.17, 15) is 8.42 Å². The fourth-order valence-corrected chi connectivity index (χ4v) is 3.39. The minimum absolute atomic E-state index is 0.261. The van der Waals surface area contributed by atoms with E-state index in [4.69, 9.17) is 0 Å². The molecule has 0 saturated heterocycles. The molecule has 0 aliphatic carbocycles. The Kier molecular flexibility index (Phi) is 3.90. The molecule has 0 amide bonds. The standard InChI is InChI=1S/C15H13IN2O2S/c16-12-5-7-15(8-6-12)21(19,20)17-13-3-1-4-14(11-13)18-9-2-10-18/h1-9,11,17H,10H2. The Hall–Kier alpha value is -1.54. The maximum absolute atomic E-state index is 12.3. The van der Waals surface area contributed by atoms with E-state index in [1.54, 1.807) is 30.3 Å².